The van der Waals surface area contributed by atoms with Gasteiger partial charge in [0.15, 0.2) is 11.5 Å². The van der Waals surface area contributed by atoms with Crippen LogP contribution in [-0.4, -0.2) is 18.2 Å². The average molecular weight is 276 g/mol. The third-order valence-electron chi connectivity index (χ3n) is 2.72. The Morgan fingerprint density at radius 3 is 2.50 bits per heavy atom. The maximum atomic E-state index is 13.5. The summed E-state index contributed by atoms with van der Waals surface area (Å²) < 4.78 is 24.0. The Morgan fingerprint density at radius 2 is 1.90 bits per heavy atom. The second-order valence-corrected chi connectivity index (χ2v) is 4.06. The molecule has 0 atom stereocenters. The molecule has 5 heteroatoms. The zero-order chi connectivity index (χ0) is 14.5. The first-order valence-corrected chi connectivity index (χ1v) is 5.89. The molecule has 2 rings (SSSR count). The Labute approximate surface area is 115 Å². The molecule has 0 radical (unpaired) electrons. The van der Waals surface area contributed by atoms with Gasteiger partial charge in [0.2, 0.25) is 0 Å². The minimum Gasteiger partial charge on any atom is -0.493 e. The minimum absolute atomic E-state index is 0.156. The summed E-state index contributed by atoms with van der Waals surface area (Å²) in [6, 6.07) is 11.5. The molecular formula is C15H13FO4. The molecule has 0 spiro atoms. The predicted octanol–water partition coefficient (Wildman–Crippen LogP) is 3.11. The largest absolute Gasteiger partial charge is 0.493 e. The zero-order valence-electron chi connectivity index (χ0n) is 10.8. The summed E-state index contributed by atoms with van der Waals surface area (Å²) >= 11 is 0. The first kappa shape index (κ1) is 13.9. The molecule has 0 aromatic heterocycles. The summed E-state index contributed by atoms with van der Waals surface area (Å²) in [5.41, 5.74) is 0.463. The number of ether oxygens (including phenoxy) is 2. The van der Waals surface area contributed by atoms with Crippen LogP contribution in [0.4, 0.5) is 4.39 Å². The van der Waals surface area contributed by atoms with Gasteiger partial charge in [-0.2, -0.15) is 0 Å². The van der Waals surface area contributed by atoms with Gasteiger partial charge < -0.3 is 14.6 Å². The van der Waals surface area contributed by atoms with Gasteiger partial charge in [0.05, 0.1) is 12.7 Å². The number of aromatic carboxylic acids is 1. The number of carbonyl (C=O) groups is 1. The SMILES string of the molecule is COc1cc(F)c(C(=O)O)cc1OCc1ccccc1. The molecule has 1 N–H and O–H groups in total. The van der Waals surface area contributed by atoms with Gasteiger partial charge in [0, 0.05) is 12.1 Å². The average Bonchev–Trinajstić information content (AvgIpc) is 2.46. The Bertz CT molecular complexity index is 611. The molecule has 2 aromatic carbocycles. The normalized spacial score (nSPS) is 10.1. The van der Waals surface area contributed by atoms with E-state index in [4.69, 9.17) is 14.6 Å². The van der Waals surface area contributed by atoms with Crippen molar-refractivity contribution in [3.05, 3.63) is 59.4 Å². The smallest absolute Gasteiger partial charge is 0.338 e. The molecule has 0 fully saturated rings. The number of benzene rings is 2. The topological polar surface area (TPSA) is 55.8 Å². The van der Waals surface area contributed by atoms with Crippen LogP contribution < -0.4 is 9.47 Å². The number of methoxy groups -OCH3 is 1. The third-order valence-corrected chi connectivity index (χ3v) is 2.72. The molecule has 0 aliphatic heterocycles. The van der Waals surface area contributed by atoms with E-state index >= 15 is 0 Å². The van der Waals surface area contributed by atoms with Crippen LogP contribution in [0.25, 0.3) is 0 Å². The fraction of sp³-hybridized carbons (Fsp3) is 0.133. The maximum absolute atomic E-state index is 13.5. The molecule has 0 saturated carbocycles. The van der Waals surface area contributed by atoms with Crippen LogP contribution in [0.2, 0.25) is 0 Å². The van der Waals surface area contributed by atoms with E-state index in [0.29, 0.717) is 0 Å². The van der Waals surface area contributed by atoms with Crippen LogP contribution in [0.3, 0.4) is 0 Å². The van der Waals surface area contributed by atoms with Gasteiger partial charge >= 0.3 is 5.97 Å². The lowest BCUT2D eigenvalue weighted by atomic mass is 10.2. The van der Waals surface area contributed by atoms with Crippen molar-refractivity contribution < 1.29 is 23.8 Å². The number of rotatable bonds is 5. The molecule has 4 nitrogen and oxygen atoms in total. The van der Waals surface area contributed by atoms with Gasteiger partial charge in [-0.05, 0) is 5.56 Å². The lowest BCUT2D eigenvalue weighted by Gasteiger charge is -2.12. The second kappa shape index (κ2) is 6.06. The Balaban J connectivity index is 2.25. The molecular weight excluding hydrogens is 263 g/mol. The van der Waals surface area contributed by atoms with E-state index in [1.165, 1.54) is 7.11 Å². The van der Waals surface area contributed by atoms with E-state index in [1.54, 1.807) is 0 Å². The summed E-state index contributed by atoms with van der Waals surface area (Å²) in [4.78, 5) is 10.9. The van der Waals surface area contributed by atoms with Gasteiger partial charge in [-0.3, -0.25) is 0 Å². The van der Waals surface area contributed by atoms with Gasteiger partial charge in [0.25, 0.3) is 0 Å². The zero-order valence-corrected chi connectivity index (χ0v) is 10.8. The molecule has 0 saturated heterocycles. The van der Waals surface area contributed by atoms with Crippen molar-refractivity contribution in [3.8, 4) is 11.5 Å². The monoisotopic (exact) mass is 276 g/mol. The third kappa shape index (κ3) is 3.06. The molecule has 0 aliphatic carbocycles. The first-order valence-electron chi connectivity index (χ1n) is 5.89. The van der Waals surface area contributed by atoms with E-state index in [1.807, 2.05) is 30.3 Å². The van der Waals surface area contributed by atoms with E-state index in [0.717, 1.165) is 17.7 Å². The van der Waals surface area contributed by atoms with Crippen LogP contribution >= 0.6 is 0 Å². The molecule has 0 heterocycles. The standard InChI is InChI=1S/C15H13FO4/c1-19-13-8-12(16)11(15(17)18)7-14(13)20-9-10-5-3-2-4-6-10/h2-8H,9H2,1H3,(H,17,18). The fourth-order valence-electron chi connectivity index (χ4n) is 1.71. The number of carboxylic acid groups (broad SMARTS) is 1. The Morgan fingerprint density at radius 1 is 1.20 bits per heavy atom. The van der Waals surface area contributed by atoms with Crippen molar-refractivity contribution in [2.75, 3.05) is 7.11 Å². The lowest BCUT2D eigenvalue weighted by molar-refractivity contribution is 0.0691. The second-order valence-electron chi connectivity index (χ2n) is 4.06. The van der Waals surface area contributed by atoms with E-state index in [9.17, 15) is 9.18 Å². The number of hydrogen-bond donors (Lipinski definition) is 1. The van der Waals surface area contributed by atoms with Crippen molar-refractivity contribution in [1.29, 1.82) is 0 Å². The van der Waals surface area contributed by atoms with Gasteiger partial charge in [-0.1, -0.05) is 30.3 Å². The molecule has 0 unspecified atom stereocenters. The summed E-state index contributed by atoms with van der Waals surface area (Å²) in [7, 11) is 1.37. The Kier molecular flexibility index (Phi) is 4.20. The molecule has 0 bridgehead atoms. The van der Waals surface area contributed by atoms with Gasteiger partial charge in [-0.25, -0.2) is 9.18 Å². The number of halogens is 1. The molecule has 0 amide bonds. The van der Waals surface area contributed by atoms with Crippen LogP contribution in [-0.2, 0) is 6.61 Å². The number of carboxylic acids is 1. The van der Waals surface area contributed by atoms with Crippen molar-refractivity contribution in [3.63, 3.8) is 0 Å². The highest BCUT2D eigenvalue weighted by Gasteiger charge is 2.16. The predicted molar refractivity (Wildman–Crippen MR) is 70.7 cm³/mol. The van der Waals surface area contributed by atoms with Crippen LogP contribution in [0.1, 0.15) is 15.9 Å². The lowest BCUT2D eigenvalue weighted by Crippen LogP contribution is -2.04. The van der Waals surface area contributed by atoms with E-state index in [-0.39, 0.29) is 18.1 Å². The molecule has 0 aliphatic rings. The highest BCUT2D eigenvalue weighted by molar-refractivity contribution is 5.88. The van der Waals surface area contributed by atoms with Crippen LogP contribution in [0, 0.1) is 5.82 Å². The van der Waals surface area contributed by atoms with Crippen molar-refractivity contribution in [2.45, 2.75) is 6.61 Å². The highest BCUT2D eigenvalue weighted by Crippen LogP contribution is 2.30. The first-order chi connectivity index (χ1) is 9.61. The fourth-order valence-corrected chi connectivity index (χ4v) is 1.71. The van der Waals surface area contributed by atoms with Crippen molar-refractivity contribution in [1.82, 2.24) is 0 Å². The number of hydrogen-bond acceptors (Lipinski definition) is 3. The highest BCUT2D eigenvalue weighted by atomic mass is 19.1. The minimum atomic E-state index is -1.35. The molecule has 2 aromatic rings. The Hall–Kier alpha value is -2.56. The summed E-state index contributed by atoms with van der Waals surface area (Å²) in [6.45, 7) is 0.238. The van der Waals surface area contributed by atoms with Gasteiger partial charge in [-0.15, -0.1) is 0 Å². The molecule has 104 valence electrons. The van der Waals surface area contributed by atoms with Gasteiger partial charge in [0.1, 0.15) is 12.4 Å². The van der Waals surface area contributed by atoms with Crippen LogP contribution in [0.5, 0.6) is 11.5 Å². The quantitative estimate of drug-likeness (QED) is 0.911. The van der Waals surface area contributed by atoms with E-state index in [2.05, 4.69) is 0 Å². The summed E-state index contributed by atoms with van der Waals surface area (Å²) in [5, 5.41) is 8.90. The summed E-state index contributed by atoms with van der Waals surface area (Å²) in [6.07, 6.45) is 0. The summed E-state index contributed by atoms with van der Waals surface area (Å²) in [5.74, 6) is -1.87. The molecule has 20 heavy (non-hydrogen) atoms. The van der Waals surface area contributed by atoms with Crippen LogP contribution in [0.15, 0.2) is 42.5 Å². The van der Waals surface area contributed by atoms with Crippen molar-refractivity contribution in [2.24, 2.45) is 0 Å². The van der Waals surface area contributed by atoms with Crippen molar-refractivity contribution >= 4 is 5.97 Å². The van der Waals surface area contributed by atoms with E-state index < -0.39 is 17.3 Å². The maximum Gasteiger partial charge on any atom is 0.338 e.